The van der Waals surface area contributed by atoms with Crippen molar-refractivity contribution in [1.82, 2.24) is 5.32 Å². The van der Waals surface area contributed by atoms with Crippen LogP contribution in [0.1, 0.15) is 44.0 Å². The number of carbonyl (C=O) groups excluding carboxylic acids is 2. The number of rotatable bonds is 6. The van der Waals surface area contributed by atoms with Crippen LogP contribution in [-0.4, -0.2) is 32.3 Å². The smallest absolute Gasteiger partial charge is 0.265 e. The van der Waals surface area contributed by atoms with Crippen LogP contribution in [-0.2, 0) is 14.8 Å². The van der Waals surface area contributed by atoms with Crippen molar-refractivity contribution in [2.75, 3.05) is 16.2 Å². The summed E-state index contributed by atoms with van der Waals surface area (Å²) in [5, 5.41) is 7.28. The first-order valence-electron chi connectivity index (χ1n) is 10.8. The Labute approximate surface area is 193 Å². The molecule has 0 atom stereocenters. The Hall–Kier alpha value is -3.39. The highest BCUT2D eigenvalue weighted by atomic mass is 32.2. The fourth-order valence-electron chi connectivity index (χ4n) is 3.99. The second-order valence-electron chi connectivity index (χ2n) is 9.11. The molecule has 7 nitrogen and oxygen atoms in total. The van der Waals surface area contributed by atoms with E-state index in [9.17, 15) is 18.0 Å². The molecule has 3 aromatic carbocycles. The lowest BCUT2D eigenvalue weighted by Gasteiger charge is -2.21. The number of nitrogens with one attached hydrogen (secondary N) is 2. The van der Waals surface area contributed by atoms with Gasteiger partial charge in [-0.15, -0.1) is 0 Å². The molecule has 0 bridgehead atoms. The highest BCUT2D eigenvalue weighted by molar-refractivity contribution is 7.93. The van der Waals surface area contributed by atoms with Gasteiger partial charge in [0.25, 0.3) is 15.9 Å². The van der Waals surface area contributed by atoms with E-state index >= 15 is 0 Å². The fourth-order valence-corrected chi connectivity index (χ4v) is 5.74. The van der Waals surface area contributed by atoms with Crippen molar-refractivity contribution in [3.05, 3.63) is 66.2 Å². The number of benzene rings is 3. The van der Waals surface area contributed by atoms with Gasteiger partial charge in [-0.3, -0.25) is 13.9 Å². The van der Waals surface area contributed by atoms with Crippen LogP contribution < -0.4 is 14.9 Å². The monoisotopic (exact) mass is 465 g/mol. The summed E-state index contributed by atoms with van der Waals surface area (Å²) in [6.45, 7) is 5.85. The van der Waals surface area contributed by atoms with E-state index in [0.717, 1.165) is 10.8 Å². The van der Waals surface area contributed by atoms with Crippen LogP contribution in [0.3, 0.4) is 0 Å². The third-order valence-electron chi connectivity index (χ3n) is 5.38. The Morgan fingerprint density at radius 3 is 2.36 bits per heavy atom. The van der Waals surface area contributed by atoms with Gasteiger partial charge in [0.15, 0.2) is 0 Å². The van der Waals surface area contributed by atoms with Crippen LogP contribution in [0, 0.1) is 0 Å². The molecule has 0 unspecified atom stereocenters. The topological polar surface area (TPSA) is 95.6 Å². The normalized spacial score (nSPS) is 14.3. The third-order valence-corrected chi connectivity index (χ3v) is 7.24. The molecule has 0 aromatic heterocycles. The van der Waals surface area contributed by atoms with E-state index in [2.05, 4.69) is 10.6 Å². The molecular formula is C25H27N3O4S. The van der Waals surface area contributed by atoms with Gasteiger partial charge in [-0.2, -0.15) is 0 Å². The lowest BCUT2D eigenvalue weighted by atomic mass is 10.1. The van der Waals surface area contributed by atoms with Crippen LogP contribution in [0.25, 0.3) is 10.8 Å². The molecule has 33 heavy (non-hydrogen) atoms. The molecule has 0 saturated carbocycles. The van der Waals surface area contributed by atoms with Crippen LogP contribution >= 0.6 is 0 Å². The molecule has 2 N–H and O–H groups in total. The molecule has 4 rings (SSSR count). The second kappa shape index (κ2) is 8.51. The molecule has 172 valence electrons. The molecule has 0 saturated heterocycles. The zero-order valence-corrected chi connectivity index (χ0v) is 19.7. The van der Waals surface area contributed by atoms with E-state index in [4.69, 9.17) is 0 Å². The summed E-state index contributed by atoms with van der Waals surface area (Å²) < 4.78 is 27.5. The lowest BCUT2D eigenvalue weighted by Crippen LogP contribution is -2.40. The van der Waals surface area contributed by atoms with Gasteiger partial charge < -0.3 is 10.6 Å². The average molecular weight is 466 g/mol. The van der Waals surface area contributed by atoms with Gasteiger partial charge in [0.1, 0.15) is 0 Å². The second-order valence-corrected chi connectivity index (χ2v) is 10.9. The minimum Gasteiger partial charge on any atom is -0.347 e. The van der Waals surface area contributed by atoms with Crippen LogP contribution in [0.4, 0.5) is 11.4 Å². The Morgan fingerprint density at radius 2 is 1.64 bits per heavy atom. The summed E-state index contributed by atoms with van der Waals surface area (Å²) in [4.78, 5) is 25.5. The number of amides is 2. The molecule has 1 aliphatic heterocycles. The predicted octanol–water partition coefficient (Wildman–Crippen LogP) is 4.30. The lowest BCUT2D eigenvalue weighted by molar-refractivity contribution is -0.116. The summed E-state index contributed by atoms with van der Waals surface area (Å²) >= 11 is 0. The molecule has 8 heteroatoms. The molecule has 2 amide bonds. The molecule has 0 radical (unpaired) electrons. The molecule has 3 aromatic rings. The van der Waals surface area contributed by atoms with Crippen LogP contribution in [0.5, 0.6) is 0 Å². The van der Waals surface area contributed by atoms with Crippen molar-refractivity contribution in [3.8, 4) is 0 Å². The molecule has 0 spiro atoms. The van der Waals surface area contributed by atoms with Gasteiger partial charge in [-0.05, 0) is 56.8 Å². The number of anilines is 2. The number of sulfonamides is 1. The zero-order chi connectivity index (χ0) is 23.8. The quantitative estimate of drug-likeness (QED) is 0.568. The standard InChI is InChI=1S/C25H27N3O4S/c1-25(2,3)27-24(30)18-11-4-5-12-19(18)26-22(29)15-8-16-28-20-13-6-9-17-10-7-14-21(23(17)20)33(28,31)32/h4-7,9-14H,8,15-16H2,1-3H3,(H,26,29)(H,27,30). The Morgan fingerprint density at radius 1 is 0.939 bits per heavy atom. The first-order valence-corrected chi connectivity index (χ1v) is 12.3. The summed E-state index contributed by atoms with van der Waals surface area (Å²) in [6, 6.07) is 17.6. The van der Waals surface area contributed by atoms with Crippen molar-refractivity contribution >= 4 is 44.0 Å². The van der Waals surface area contributed by atoms with Crippen molar-refractivity contribution in [2.24, 2.45) is 0 Å². The molecular weight excluding hydrogens is 438 g/mol. The SMILES string of the molecule is CC(C)(C)NC(=O)c1ccccc1NC(=O)CCCN1c2cccc3cccc(c23)S1(=O)=O. The number of hydrogen-bond acceptors (Lipinski definition) is 4. The fraction of sp³-hybridized carbons (Fsp3) is 0.280. The predicted molar refractivity (Wildman–Crippen MR) is 130 cm³/mol. The maximum absolute atomic E-state index is 13.0. The van der Waals surface area contributed by atoms with Crippen molar-refractivity contribution < 1.29 is 18.0 Å². The minimum atomic E-state index is -3.64. The average Bonchev–Trinajstić information content (AvgIpc) is 2.96. The first kappa shape index (κ1) is 22.8. The molecule has 0 aliphatic carbocycles. The molecule has 0 fully saturated rings. The highest BCUT2D eigenvalue weighted by Gasteiger charge is 2.35. The zero-order valence-electron chi connectivity index (χ0n) is 18.9. The van der Waals surface area contributed by atoms with E-state index in [1.807, 2.05) is 39.0 Å². The summed E-state index contributed by atoms with van der Waals surface area (Å²) in [5.74, 6) is -0.550. The summed E-state index contributed by atoms with van der Waals surface area (Å²) in [5.41, 5.74) is 1.04. The largest absolute Gasteiger partial charge is 0.347 e. The van der Waals surface area contributed by atoms with Crippen LogP contribution in [0.2, 0.25) is 0 Å². The van der Waals surface area contributed by atoms with Gasteiger partial charge in [0.05, 0.1) is 21.8 Å². The number of hydrogen-bond donors (Lipinski definition) is 2. The van der Waals surface area contributed by atoms with Gasteiger partial charge in [-0.25, -0.2) is 8.42 Å². The minimum absolute atomic E-state index is 0.119. The molecule has 1 aliphatic rings. The van der Waals surface area contributed by atoms with Gasteiger partial charge in [0.2, 0.25) is 5.91 Å². The highest BCUT2D eigenvalue weighted by Crippen LogP contribution is 2.41. The summed E-state index contributed by atoms with van der Waals surface area (Å²) in [7, 11) is -3.64. The van der Waals surface area contributed by atoms with E-state index in [1.54, 1.807) is 42.5 Å². The van der Waals surface area contributed by atoms with E-state index in [0.29, 0.717) is 28.3 Å². The Kier molecular flexibility index (Phi) is 5.88. The van der Waals surface area contributed by atoms with Crippen molar-refractivity contribution in [3.63, 3.8) is 0 Å². The number of carbonyl (C=O) groups is 2. The van der Waals surface area contributed by atoms with Crippen molar-refractivity contribution in [2.45, 2.75) is 44.0 Å². The van der Waals surface area contributed by atoms with Gasteiger partial charge in [-0.1, -0.05) is 36.4 Å². The van der Waals surface area contributed by atoms with Crippen LogP contribution in [0.15, 0.2) is 65.6 Å². The van der Waals surface area contributed by atoms with E-state index in [1.165, 1.54) is 4.31 Å². The summed E-state index contributed by atoms with van der Waals surface area (Å²) in [6.07, 6.45) is 0.458. The van der Waals surface area contributed by atoms with E-state index < -0.39 is 15.6 Å². The third kappa shape index (κ3) is 4.57. The first-order chi connectivity index (χ1) is 15.6. The maximum atomic E-state index is 13.0. The van der Waals surface area contributed by atoms with Gasteiger partial charge >= 0.3 is 0 Å². The Balaban J connectivity index is 1.43. The van der Waals surface area contributed by atoms with Gasteiger partial charge in [0, 0.05) is 23.9 Å². The number of nitrogens with zero attached hydrogens (tertiary/aromatic N) is 1. The maximum Gasteiger partial charge on any atom is 0.265 e. The number of para-hydroxylation sites is 1. The van der Waals surface area contributed by atoms with E-state index in [-0.39, 0.29) is 24.8 Å². The Bertz CT molecular complexity index is 1340. The van der Waals surface area contributed by atoms with Crippen molar-refractivity contribution in [1.29, 1.82) is 0 Å². The molecule has 1 heterocycles.